The highest BCUT2D eigenvalue weighted by molar-refractivity contribution is 7.90. The minimum absolute atomic E-state index is 0.183. The van der Waals surface area contributed by atoms with Crippen LogP contribution in [0.5, 0.6) is 0 Å². The Balaban J connectivity index is 1.90. The number of hydrogen-bond donors (Lipinski definition) is 1. The van der Waals surface area contributed by atoms with Gasteiger partial charge in [-0.15, -0.1) is 0 Å². The van der Waals surface area contributed by atoms with E-state index in [0.717, 1.165) is 5.56 Å². The summed E-state index contributed by atoms with van der Waals surface area (Å²) in [4.78, 5) is 16.0. The molecule has 1 aliphatic heterocycles. The molecule has 0 unspecified atom stereocenters. The number of ether oxygens (including phenoxy) is 1. The molecule has 2 N–H and O–H groups in total. The zero-order valence-corrected chi connectivity index (χ0v) is 16.8. The van der Waals surface area contributed by atoms with Crippen molar-refractivity contribution in [2.24, 2.45) is 0 Å². The van der Waals surface area contributed by atoms with E-state index in [4.69, 9.17) is 10.5 Å². The quantitative estimate of drug-likeness (QED) is 0.649. The first-order chi connectivity index (χ1) is 13.9. The van der Waals surface area contributed by atoms with E-state index in [9.17, 15) is 8.42 Å². The average Bonchev–Trinajstić information content (AvgIpc) is 2.74. The standard InChI is InChI=1S/C20H21N5O3S/c1-29(26,27)17-5-3-2-4-16(17)19-22-18(14-6-8-15(21)9-7-14)23-20(24-19)25-10-12-28-13-11-25/h2-9H,10-13,21H2,1H3. The third-order valence-electron chi connectivity index (χ3n) is 4.61. The number of nitrogen functional groups attached to an aromatic ring is 1. The Morgan fingerprint density at radius 2 is 1.59 bits per heavy atom. The van der Waals surface area contributed by atoms with Crippen LogP contribution >= 0.6 is 0 Å². The zero-order chi connectivity index (χ0) is 20.4. The summed E-state index contributed by atoms with van der Waals surface area (Å²) < 4.78 is 30.0. The van der Waals surface area contributed by atoms with Gasteiger partial charge in [0.25, 0.3) is 0 Å². The van der Waals surface area contributed by atoms with Crippen LogP contribution in [-0.2, 0) is 14.6 Å². The third-order valence-corrected chi connectivity index (χ3v) is 5.77. The van der Waals surface area contributed by atoms with E-state index in [2.05, 4.69) is 15.0 Å². The van der Waals surface area contributed by atoms with E-state index in [-0.39, 0.29) is 4.90 Å². The molecule has 150 valence electrons. The van der Waals surface area contributed by atoms with Gasteiger partial charge in [-0.2, -0.15) is 9.97 Å². The van der Waals surface area contributed by atoms with Gasteiger partial charge < -0.3 is 15.4 Å². The van der Waals surface area contributed by atoms with Gasteiger partial charge in [0, 0.05) is 36.2 Å². The SMILES string of the molecule is CS(=O)(=O)c1ccccc1-c1nc(-c2ccc(N)cc2)nc(N2CCOCC2)n1. The van der Waals surface area contributed by atoms with Gasteiger partial charge in [-0.25, -0.2) is 13.4 Å². The molecule has 0 aliphatic carbocycles. The monoisotopic (exact) mass is 411 g/mol. The fourth-order valence-electron chi connectivity index (χ4n) is 3.13. The summed E-state index contributed by atoms with van der Waals surface area (Å²) in [5, 5.41) is 0. The van der Waals surface area contributed by atoms with Crippen molar-refractivity contribution in [3.63, 3.8) is 0 Å². The van der Waals surface area contributed by atoms with Crippen molar-refractivity contribution in [1.29, 1.82) is 0 Å². The van der Waals surface area contributed by atoms with Crippen molar-refractivity contribution in [2.75, 3.05) is 43.2 Å². The van der Waals surface area contributed by atoms with Crippen LogP contribution in [-0.4, -0.2) is 55.9 Å². The second-order valence-corrected chi connectivity index (χ2v) is 8.76. The molecule has 1 fully saturated rings. The number of rotatable bonds is 4. The molecular formula is C20H21N5O3S. The summed E-state index contributed by atoms with van der Waals surface area (Å²) in [6.07, 6.45) is 1.18. The number of benzene rings is 2. The minimum Gasteiger partial charge on any atom is -0.399 e. The summed E-state index contributed by atoms with van der Waals surface area (Å²) in [7, 11) is -3.45. The van der Waals surface area contributed by atoms with Gasteiger partial charge in [0.15, 0.2) is 21.5 Å². The maximum atomic E-state index is 12.3. The van der Waals surface area contributed by atoms with Gasteiger partial charge in [-0.05, 0) is 36.4 Å². The molecule has 1 aromatic heterocycles. The lowest BCUT2D eigenvalue weighted by Crippen LogP contribution is -2.37. The lowest BCUT2D eigenvalue weighted by atomic mass is 10.2. The Kier molecular flexibility index (Phi) is 5.16. The van der Waals surface area contributed by atoms with E-state index >= 15 is 0 Å². The summed E-state index contributed by atoms with van der Waals surface area (Å²) in [6.45, 7) is 2.47. The van der Waals surface area contributed by atoms with E-state index in [1.807, 2.05) is 17.0 Å². The highest BCUT2D eigenvalue weighted by Gasteiger charge is 2.21. The topological polar surface area (TPSA) is 111 Å². The van der Waals surface area contributed by atoms with Gasteiger partial charge in [-0.1, -0.05) is 12.1 Å². The normalized spacial score (nSPS) is 14.7. The molecule has 3 aromatic rings. The Labute approximate surface area is 169 Å². The molecule has 0 radical (unpaired) electrons. The Morgan fingerprint density at radius 1 is 0.931 bits per heavy atom. The number of anilines is 2. The van der Waals surface area contributed by atoms with E-state index < -0.39 is 9.84 Å². The molecule has 0 spiro atoms. The molecule has 8 nitrogen and oxygen atoms in total. The third kappa shape index (κ3) is 4.20. The molecule has 1 saturated heterocycles. The predicted molar refractivity (Wildman–Crippen MR) is 111 cm³/mol. The van der Waals surface area contributed by atoms with Crippen molar-refractivity contribution >= 4 is 21.5 Å². The molecule has 0 saturated carbocycles. The van der Waals surface area contributed by atoms with Crippen molar-refractivity contribution in [2.45, 2.75) is 4.90 Å². The smallest absolute Gasteiger partial charge is 0.229 e. The van der Waals surface area contributed by atoms with Crippen LogP contribution < -0.4 is 10.6 Å². The molecule has 1 aliphatic rings. The van der Waals surface area contributed by atoms with Gasteiger partial charge in [-0.3, -0.25) is 0 Å². The van der Waals surface area contributed by atoms with Crippen LogP contribution in [0.25, 0.3) is 22.8 Å². The second kappa shape index (κ2) is 7.76. The molecule has 0 bridgehead atoms. The number of sulfone groups is 1. The lowest BCUT2D eigenvalue weighted by Gasteiger charge is -2.27. The Morgan fingerprint density at radius 3 is 2.28 bits per heavy atom. The first kappa shape index (κ1) is 19.3. The summed E-state index contributed by atoms with van der Waals surface area (Å²) >= 11 is 0. The molecule has 29 heavy (non-hydrogen) atoms. The van der Waals surface area contributed by atoms with Crippen LogP contribution in [0, 0.1) is 0 Å². The fourth-order valence-corrected chi connectivity index (χ4v) is 4.01. The summed E-state index contributed by atoms with van der Waals surface area (Å²) in [6, 6.07) is 13.9. The lowest BCUT2D eigenvalue weighted by molar-refractivity contribution is 0.122. The fraction of sp³-hybridized carbons (Fsp3) is 0.250. The zero-order valence-electron chi connectivity index (χ0n) is 15.9. The summed E-state index contributed by atoms with van der Waals surface area (Å²) in [5.41, 5.74) is 7.66. The predicted octanol–water partition coefficient (Wildman–Crippen LogP) is 2.03. The molecule has 9 heteroatoms. The molecule has 0 amide bonds. The van der Waals surface area contributed by atoms with Gasteiger partial charge in [0.05, 0.1) is 18.1 Å². The second-order valence-electron chi connectivity index (χ2n) is 6.77. The maximum absolute atomic E-state index is 12.3. The van der Waals surface area contributed by atoms with Crippen LogP contribution in [0.4, 0.5) is 11.6 Å². The van der Waals surface area contributed by atoms with Gasteiger partial charge in [0.2, 0.25) is 5.95 Å². The van der Waals surface area contributed by atoms with Crippen LogP contribution in [0.1, 0.15) is 0 Å². The number of aromatic nitrogens is 3. The van der Waals surface area contributed by atoms with E-state index in [1.165, 1.54) is 6.26 Å². The molecule has 2 aromatic carbocycles. The first-order valence-corrected chi connectivity index (χ1v) is 11.0. The van der Waals surface area contributed by atoms with E-state index in [0.29, 0.717) is 55.2 Å². The maximum Gasteiger partial charge on any atom is 0.229 e. The van der Waals surface area contributed by atoms with E-state index in [1.54, 1.807) is 36.4 Å². The summed E-state index contributed by atoms with van der Waals surface area (Å²) in [5.74, 6) is 1.27. The number of morpholine rings is 1. The molecular weight excluding hydrogens is 390 g/mol. The minimum atomic E-state index is -3.45. The highest BCUT2D eigenvalue weighted by Crippen LogP contribution is 2.28. The van der Waals surface area contributed by atoms with Gasteiger partial charge in [0.1, 0.15) is 0 Å². The highest BCUT2D eigenvalue weighted by atomic mass is 32.2. The van der Waals surface area contributed by atoms with Crippen LogP contribution in [0.3, 0.4) is 0 Å². The number of hydrogen-bond acceptors (Lipinski definition) is 8. The van der Waals surface area contributed by atoms with Crippen LogP contribution in [0.15, 0.2) is 53.4 Å². The average molecular weight is 411 g/mol. The van der Waals surface area contributed by atoms with Gasteiger partial charge >= 0.3 is 0 Å². The molecule has 4 rings (SSSR count). The van der Waals surface area contributed by atoms with Crippen LogP contribution in [0.2, 0.25) is 0 Å². The van der Waals surface area contributed by atoms with Crippen molar-refractivity contribution in [3.8, 4) is 22.8 Å². The Bertz CT molecular complexity index is 1130. The van der Waals surface area contributed by atoms with Crippen molar-refractivity contribution in [1.82, 2.24) is 15.0 Å². The first-order valence-electron chi connectivity index (χ1n) is 9.16. The Hall–Kier alpha value is -3.04. The van der Waals surface area contributed by atoms with Crippen molar-refractivity contribution in [3.05, 3.63) is 48.5 Å². The number of nitrogens with zero attached hydrogens (tertiary/aromatic N) is 4. The van der Waals surface area contributed by atoms with Crippen molar-refractivity contribution < 1.29 is 13.2 Å². The largest absolute Gasteiger partial charge is 0.399 e. The molecule has 2 heterocycles. The molecule has 0 atom stereocenters. The number of nitrogens with two attached hydrogens (primary N) is 1.